The van der Waals surface area contributed by atoms with Crippen molar-refractivity contribution in [1.82, 2.24) is 16.2 Å². The molecular weight excluding hydrogens is 376 g/mol. The SMILES string of the molecule is CC[C@H](C)[C@H](NC(=O)C(NNC(=O)C(F)(F)C(=O)C(C)C)C(C)C)C(=O)OC. The minimum absolute atomic E-state index is 0.230. The Balaban J connectivity index is 5.22. The molecule has 28 heavy (non-hydrogen) atoms. The van der Waals surface area contributed by atoms with Crippen LogP contribution >= 0.6 is 0 Å². The molecule has 0 aliphatic carbocycles. The maximum Gasteiger partial charge on any atom is 0.383 e. The van der Waals surface area contributed by atoms with Gasteiger partial charge in [0.2, 0.25) is 11.7 Å². The summed E-state index contributed by atoms with van der Waals surface area (Å²) in [6, 6.07) is -2.05. The largest absolute Gasteiger partial charge is 0.467 e. The Morgan fingerprint density at radius 1 is 1.00 bits per heavy atom. The Morgan fingerprint density at radius 2 is 1.54 bits per heavy atom. The van der Waals surface area contributed by atoms with E-state index in [1.165, 1.54) is 21.0 Å². The number of carbonyl (C=O) groups excluding carboxylic acids is 4. The molecule has 0 spiro atoms. The summed E-state index contributed by atoms with van der Waals surface area (Å²) in [4.78, 5) is 47.7. The van der Waals surface area contributed by atoms with Gasteiger partial charge in [0, 0.05) is 5.92 Å². The summed E-state index contributed by atoms with van der Waals surface area (Å²) in [5.41, 5.74) is 3.99. The van der Waals surface area contributed by atoms with Crippen LogP contribution in [0.15, 0.2) is 0 Å². The fourth-order valence-corrected chi connectivity index (χ4v) is 2.27. The van der Waals surface area contributed by atoms with Gasteiger partial charge in [-0.1, -0.05) is 48.0 Å². The van der Waals surface area contributed by atoms with E-state index < -0.39 is 53.4 Å². The molecule has 0 heterocycles. The van der Waals surface area contributed by atoms with Gasteiger partial charge in [0.15, 0.2) is 0 Å². The first-order chi connectivity index (χ1) is 12.8. The van der Waals surface area contributed by atoms with E-state index in [0.717, 1.165) is 0 Å². The number of rotatable bonds is 11. The summed E-state index contributed by atoms with van der Waals surface area (Å²) in [5.74, 6) is -10.6. The third kappa shape index (κ3) is 6.81. The lowest BCUT2D eigenvalue weighted by molar-refractivity contribution is -0.161. The number of hydrogen-bond acceptors (Lipinski definition) is 6. The highest BCUT2D eigenvalue weighted by molar-refractivity contribution is 6.08. The van der Waals surface area contributed by atoms with Gasteiger partial charge < -0.3 is 10.1 Å². The lowest BCUT2D eigenvalue weighted by Gasteiger charge is -2.27. The van der Waals surface area contributed by atoms with Crippen LogP contribution in [0.5, 0.6) is 0 Å². The third-order valence-corrected chi connectivity index (χ3v) is 4.38. The second kappa shape index (κ2) is 11.0. The van der Waals surface area contributed by atoms with Crippen molar-refractivity contribution in [2.75, 3.05) is 7.11 Å². The number of ketones is 1. The molecule has 162 valence electrons. The molecule has 0 saturated carbocycles. The van der Waals surface area contributed by atoms with Crippen LogP contribution in [0.1, 0.15) is 48.0 Å². The number of ether oxygens (including phenoxy) is 1. The third-order valence-electron chi connectivity index (χ3n) is 4.38. The average Bonchev–Trinajstić information content (AvgIpc) is 2.63. The number of carbonyl (C=O) groups is 4. The summed E-state index contributed by atoms with van der Waals surface area (Å²) >= 11 is 0. The first-order valence-electron chi connectivity index (χ1n) is 9.17. The Bertz CT molecular complexity index is 582. The van der Waals surface area contributed by atoms with Crippen molar-refractivity contribution in [2.45, 2.75) is 66.0 Å². The molecule has 0 aromatic heterocycles. The second-order valence-corrected chi connectivity index (χ2v) is 7.31. The van der Waals surface area contributed by atoms with Gasteiger partial charge in [-0.05, 0) is 11.8 Å². The van der Waals surface area contributed by atoms with E-state index in [9.17, 15) is 28.0 Å². The Hall–Kier alpha value is -2.10. The van der Waals surface area contributed by atoms with Gasteiger partial charge in [0.1, 0.15) is 12.1 Å². The number of alkyl halides is 2. The fourth-order valence-electron chi connectivity index (χ4n) is 2.27. The van der Waals surface area contributed by atoms with E-state index in [-0.39, 0.29) is 5.92 Å². The van der Waals surface area contributed by atoms with Crippen LogP contribution in [-0.4, -0.2) is 48.7 Å². The molecule has 3 N–H and O–H groups in total. The normalized spacial score (nSPS) is 15.0. The molecule has 0 fully saturated rings. The van der Waals surface area contributed by atoms with Crippen molar-refractivity contribution in [3.05, 3.63) is 0 Å². The Labute approximate surface area is 164 Å². The highest BCUT2D eigenvalue weighted by Gasteiger charge is 2.48. The summed E-state index contributed by atoms with van der Waals surface area (Å²) in [6.07, 6.45) is 0.583. The average molecular weight is 407 g/mol. The van der Waals surface area contributed by atoms with Crippen LogP contribution in [0.2, 0.25) is 0 Å². The summed E-state index contributed by atoms with van der Waals surface area (Å²) in [6.45, 7) is 9.33. The lowest BCUT2D eigenvalue weighted by atomic mass is 9.97. The molecule has 0 aromatic rings. The number of Topliss-reactive ketones (excluding diaryl/α,β-unsaturated/α-hetero) is 1. The molecule has 2 amide bonds. The Kier molecular flexibility index (Phi) is 10.2. The van der Waals surface area contributed by atoms with Crippen LogP contribution in [0.3, 0.4) is 0 Å². The molecule has 8 nitrogen and oxygen atoms in total. The van der Waals surface area contributed by atoms with E-state index in [0.29, 0.717) is 6.42 Å². The zero-order valence-corrected chi connectivity index (χ0v) is 17.4. The predicted octanol–water partition coefficient (Wildman–Crippen LogP) is 1.20. The number of nitrogens with one attached hydrogen (secondary N) is 3. The van der Waals surface area contributed by atoms with Gasteiger partial charge in [-0.15, -0.1) is 0 Å². The maximum atomic E-state index is 13.9. The smallest absolute Gasteiger partial charge is 0.383 e. The van der Waals surface area contributed by atoms with Crippen molar-refractivity contribution in [2.24, 2.45) is 17.8 Å². The van der Waals surface area contributed by atoms with Crippen LogP contribution < -0.4 is 16.2 Å². The molecule has 1 unspecified atom stereocenters. The molecule has 0 radical (unpaired) electrons. The van der Waals surface area contributed by atoms with E-state index in [1.54, 1.807) is 26.2 Å². The van der Waals surface area contributed by atoms with Gasteiger partial charge in [-0.25, -0.2) is 10.2 Å². The zero-order valence-electron chi connectivity index (χ0n) is 17.4. The number of methoxy groups -OCH3 is 1. The molecule has 3 atom stereocenters. The minimum atomic E-state index is -4.23. The predicted molar refractivity (Wildman–Crippen MR) is 98.1 cm³/mol. The van der Waals surface area contributed by atoms with E-state index in [1.807, 2.05) is 6.92 Å². The number of halogens is 2. The van der Waals surface area contributed by atoms with Gasteiger partial charge in [-0.2, -0.15) is 8.78 Å². The van der Waals surface area contributed by atoms with E-state index in [2.05, 4.69) is 15.5 Å². The van der Waals surface area contributed by atoms with Crippen molar-refractivity contribution in [3.63, 3.8) is 0 Å². The highest BCUT2D eigenvalue weighted by Crippen LogP contribution is 2.19. The first-order valence-corrected chi connectivity index (χ1v) is 9.17. The maximum absolute atomic E-state index is 13.9. The molecule has 0 bridgehead atoms. The topological polar surface area (TPSA) is 114 Å². The summed E-state index contributed by atoms with van der Waals surface area (Å²) < 4.78 is 32.4. The standard InChI is InChI=1S/C18H31F2N3O5/c1-8-11(6)13(16(26)28-7)21-15(25)12(9(2)3)22-23-17(27)18(19,20)14(24)10(4)5/h9-13,22H,8H2,1-7H3,(H,21,25)(H,23,27)/t11-,12?,13-/m0/s1. The number of hydrogen-bond donors (Lipinski definition) is 3. The van der Waals surface area contributed by atoms with Crippen LogP contribution in [0.4, 0.5) is 8.78 Å². The van der Waals surface area contributed by atoms with E-state index in [4.69, 9.17) is 0 Å². The molecule has 0 saturated heterocycles. The quantitative estimate of drug-likeness (QED) is 0.269. The monoisotopic (exact) mass is 407 g/mol. The van der Waals surface area contributed by atoms with Crippen molar-refractivity contribution in [1.29, 1.82) is 0 Å². The molecule has 0 aromatic carbocycles. The van der Waals surface area contributed by atoms with Crippen molar-refractivity contribution >= 4 is 23.6 Å². The number of amides is 2. The molecular formula is C18H31F2N3O5. The van der Waals surface area contributed by atoms with Crippen LogP contribution in [-0.2, 0) is 23.9 Å². The highest BCUT2D eigenvalue weighted by atomic mass is 19.3. The molecule has 0 rings (SSSR count). The fraction of sp³-hybridized carbons (Fsp3) is 0.778. The number of hydrazine groups is 1. The zero-order chi connectivity index (χ0) is 22.2. The van der Waals surface area contributed by atoms with Gasteiger partial charge >= 0.3 is 17.8 Å². The first kappa shape index (κ1) is 25.9. The minimum Gasteiger partial charge on any atom is -0.467 e. The molecule has 10 heteroatoms. The van der Waals surface area contributed by atoms with Crippen LogP contribution in [0.25, 0.3) is 0 Å². The second-order valence-electron chi connectivity index (χ2n) is 7.31. The lowest BCUT2D eigenvalue weighted by Crippen LogP contribution is -2.60. The summed E-state index contributed by atoms with van der Waals surface area (Å²) in [5, 5.41) is 2.52. The number of esters is 1. The van der Waals surface area contributed by atoms with Crippen molar-refractivity contribution < 1.29 is 32.7 Å². The van der Waals surface area contributed by atoms with E-state index >= 15 is 0 Å². The Morgan fingerprint density at radius 3 is 1.93 bits per heavy atom. The summed E-state index contributed by atoms with van der Waals surface area (Å²) in [7, 11) is 1.19. The van der Waals surface area contributed by atoms with Gasteiger partial charge in [0.05, 0.1) is 7.11 Å². The van der Waals surface area contributed by atoms with Crippen LogP contribution in [0, 0.1) is 17.8 Å². The van der Waals surface area contributed by atoms with Gasteiger partial charge in [0.25, 0.3) is 0 Å². The van der Waals surface area contributed by atoms with Gasteiger partial charge in [-0.3, -0.25) is 19.8 Å². The molecule has 0 aliphatic heterocycles. The van der Waals surface area contributed by atoms with Crippen molar-refractivity contribution in [3.8, 4) is 0 Å². The molecule has 0 aliphatic rings.